The summed E-state index contributed by atoms with van der Waals surface area (Å²) in [5.74, 6) is -2.22. The van der Waals surface area contributed by atoms with Crippen LogP contribution in [0.5, 0.6) is 0 Å². The summed E-state index contributed by atoms with van der Waals surface area (Å²) >= 11 is 0. The van der Waals surface area contributed by atoms with E-state index in [1.807, 2.05) is 0 Å². The van der Waals surface area contributed by atoms with Crippen LogP contribution in [0, 0.1) is 17.6 Å². The Kier molecular flexibility index (Phi) is 8.19. The number of piperidine rings is 1. The average molecular weight is 416 g/mol. The molecule has 3 rings (SSSR count). The van der Waals surface area contributed by atoms with Crippen molar-refractivity contribution >= 4 is 24.2 Å². The lowest BCUT2D eigenvalue weighted by molar-refractivity contribution is -0.134. The summed E-state index contributed by atoms with van der Waals surface area (Å²) in [5.41, 5.74) is 0.474. The molecule has 0 radical (unpaired) electrons. The second-order valence-corrected chi connectivity index (χ2v) is 7.58. The molecule has 8 heteroatoms. The van der Waals surface area contributed by atoms with Gasteiger partial charge in [0, 0.05) is 19.6 Å². The van der Waals surface area contributed by atoms with E-state index in [0.29, 0.717) is 25.2 Å². The van der Waals surface area contributed by atoms with Crippen molar-refractivity contribution in [2.45, 2.75) is 44.6 Å². The number of halogens is 3. The number of nitrogens with zero attached hydrogens (tertiary/aromatic N) is 1. The van der Waals surface area contributed by atoms with Gasteiger partial charge < -0.3 is 15.5 Å². The predicted octanol–water partition coefficient (Wildman–Crippen LogP) is 2.60. The molecule has 0 saturated carbocycles. The summed E-state index contributed by atoms with van der Waals surface area (Å²) in [6, 6.07) is 3.51. The fourth-order valence-corrected chi connectivity index (χ4v) is 3.91. The zero-order valence-corrected chi connectivity index (χ0v) is 16.9. The zero-order valence-electron chi connectivity index (χ0n) is 16.0. The summed E-state index contributed by atoms with van der Waals surface area (Å²) in [5, 5.41) is 6.18. The smallest absolute Gasteiger partial charge is 0.237 e. The molecule has 0 spiro atoms. The third-order valence-electron chi connectivity index (χ3n) is 5.59. The number of rotatable bonds is 5. The first-order valence-corrected chi connectivity index (χ1v) is 9.70. The molecule has 2 aliphatic heterocycles. The van der Waals surface area contributed by atoms with E-state index < -0.39 is 17.6 Å². The van der Waals surface area contributed by atoms with Crippen molar-refractivity contribution in [1.29, 1.82) is 0 Å². The maximum atomic E-state index is 13.5. The van der Waals surface area contributed by atoms with Gasteiger partial charge in [-0.25, -0.2) is 8.78 Å². The molecule has 0 bridgehead atoms. The van der Waals surface area contributed by atoms with Crippen LogP contribution in [0.1, 0.15) is 44.1 Å². The summed E-state index contributed by atoms with van der Waals surface area (Å²) in [6.07, 6.45) is 3.72. The second kappa shape index (κ2) is 10.2. The fourth-order valence-electron chi connectivity index (χ4n) is 3.91. The summed E-state index contributed by atoms with van der Waals surface area (Å²) in [4.78, 5) is 26.7. The Bertz CT molecular complexity index is 698. The standard InChI is InChI=1S/C20H27F2N3O2.ClH/c1-13(15-6-7-16(21)17(22)10-15)20(27)25-9-3-4-14(12-25)11-24-19(26)18-5-2-8-23-18;/h6-7,10,13-14,18,23H,2-5,8-9,11-12H2,1H3,(H,24,26);1H. The number of carbonyl (C=O) groups is 2. The van der Waals surface area contributed by atoms with E-state index in [4.69, 9.17) is 0 Å². The van der Waals surface area contributed by atoms with Crippen LogP contribution in [0.4, 0.5) is 8.78 Å². The minimum Gasteiger partial charge on any atom is -0.354 e. The number of amides is 2. The first kappa shape index (κ1) is 22.6. The molecular weight excluding hydrogens is 388 g/mol. The molecule has 2 amide bonds. The molecule has 3 unspecified atom stereocenters. The first-order chi connectivity index (χ1) is 13.0. The van der Waals surface area contributed by atoms with E-state index in [-0.39, 0.29) is 36.2 Å². The molecule has 156 valence electrons. The molecule has 2 saturated heterocycles. The molecule has 2 N–H and O–H groups in total. The van der Waals surface area contributed by atoms with E-state index in [9.17, 15) is 18.4 Å². The van der Waals surface area contributed by atoms with E-state index in [1.54, 1.807) is 11.8 Å². The van der Waals surface area contributed by atoms with Crippen molar-refractivity contribution in [3.05, 3.63) is 35.4 Å². The van der Waals surface area contributed by atoms with E-state index in [2.05, 4.69) is 10.6 Å². The van der Waals surface area contributed by atoms with Crippen LogP contribution in [0.3, 0.4) is 0 Å². The van der Waals surface area contributed by atoms with Gasteiger partial charge in [0.25, 0.3) is 0 Å². The number of nitrogens with one attached hydrogen (secondary N) is 2. The molecule has 2 heterocycles. The maximum absolute atomic E-state index is 13.5. The van der Waals surface area contributed by atoms with E-state index >= 15 is 0 Å². The monoisotopic (exact) mass is 415 g/mol. The van der Waals surface area contributed by atoms with Crippen molar-refractivity contribution in [3.63, 3.8) is 0 Å². The number of likely N-dealkylation sites (tertiary alicyclic amines) is 1. The number of hydrogen-bond donors (Lipinski definition) is 2. The van der Waals surface area contributed by atoms with Crippen molar-refractivity contribution in [2.75, 3.05) is 26.2 Å². The third-order valence-corrected chi connectivity index (χ3v) is 5.59. The molecule has 2 fully saturated rings. The van der Waals surface area contributed by atoms with Gasteiger partial charge in [0.1, 0.15) is 0 Å². The molecule has 0 aromatic heterocycles. The molecular formula is C20H28ClF2N3O2. The van der Waals surface area contributed by atoms with Crippen LogP contribution >= 0.6 is 12.4 Å². The van der Waals surface area contributed by atoms with Crippen LogP contribution in [0.15, 0.2) is 18.2 Å². The van der Waals surface area contributed by atoms with E-state index in [0.717, 1.165) is 44.4 Å². The lowest BCUT2D eigenvalue weighted by atomic mass is 9.94. The predicted molar refractivity (Wildman–Crippen MR) is 105 cm³/mol. The normalized spacial score (nSPS) is 23.0. The van der Waals surface area contributed by atoms with Crippen LogP contribution in [0.2, 0.25) is 0 Å². The molecule has 3 atom stereocenters. The van der Waals surface area contributed by atoms with Gasteiger partial charge in [0.15, 0.2) is 11.6 Å². The van der Waals surface area contributed by atoms with Crippen molar-refractivity contribution < 1.29 is 18.4 Å². The lowest BCUT2D eigenvalue weighted by Crippen LogP contribution is -2.47. The minimum absolute atomic E-state index is 0. The Morgan fingerprint density at radius 3 is 2.71 bits per heavy atom. The highest BCUT2D eigenvalue weighted by Gasteiger charge is 2.29. The van der Waals surface area contributed by atoms with Gasteiger partial charge >= 0.3 is 0 Å². The molecule has 1 aromatic rings. The SMILES string of the molecule is CC(C(=O)N1CCCC(CNC(=O)C2CCCN2)C1)c1ccc(F)c(F)c1.Cl. The highest BCUT2D eigenvalue weighted by molar-refractivity contribution is 5.85. The van der Waals surface area contributed by atoms with Gasteiger partial charge in [-0.1, -0.05) is 6.07 Å². The van der Waals surface area contributed by atoms with Crippen molar-refractivity contribution in [1.82, 2.24) is 15.5 Å². The molecule has 0 aliphatic carbocycles. The largest absolute Gasteiger partial charge is 0.354 e. The number of hydrogen-bond acceptors (Lipinski definition) is 3. The average Bonchev–Trinajstić information content (AvgIpc) is 3.22. The zero-order chi connectivity index (χ0) is 19.4. The van der Waals surface area contributed by atoms with Crippen LogP contribution in [-0.2, 0) is 9.59 Å². The Balaban J connectivity index is 0.00000280. The quantitative estimate of drug-likeness (QED) is 0.777. The summed E-state index contributed by atoms with van der Waals surface area (Å²) in [6.45, 7) is 4.38. The maximum Gasteiger partial charge on any atom is 0.237 e. The van der Waals surface area contributed by atoms with E-state index in [1.165, 1.54) is 6.07 Å². The summed E-state index contributed by atoms with van der Waals surface area (Å²) in [7, 11) is 0. The van der Waals surface area contributed by atoms with Gasteiger partial charge in [0.2, 0.25) is 11.8 Å². The minimum atomic E-state index is -0.938. The van der Waals surface area contributed by atoms with Gasteiger partial charge in [-0.3, -0.25) is 9.59 Å². The van der Waals surface area contributed by atoms with Crippen molar-refractivity contribution in [2.24, 2.45) is 5.92 Å². The number of benzene rings is 1. The van der Waals surface area contributed by atoms with Crippen LogP contribution < -0.4 is 10.6 Å². The summed E-state index contributed by atoms with van der Waals surface area (Å²) < 4.78 is 26.6. The topological polar surface area (TPSA) is 61.4 Å². The lowest BCUT2D eigenvalue weighted by Gasteiger charge is -2.34. The highest BCUT2D eigenvalue weighted by Crippen LogP contribution is 2.24. The third kappa shape index (κ3) is 5.41. The fraction of sp³-hybridized carbons (Fsp3) is 0.600. The van der Waals surface area contributed by atoms with Gasteiger partial charge in [-0.15, -0.1) is 12.4 Å². The Labute approximate surface area is 170 Å². The second-order valence-electron chi connectivity index (χ2n) is 7.58. The Morgan fingerprint density at radius 2 is 2.04 bits per heavy atom. The Hall–Kier alpha value is -1.73. The first-order valence-electron chi connectivity index (χ1n) is 9.70. The van der Waals surface area contributed by atoms with Gasteiger partial charge in [0.05, 0.1) is 12.0 Å². The van der Waals surface area contributed by atoms with Crippen molar-refractivity contribution in [3.8, 4) is 0 Å². The molecule has 2 aliphatic rings. The molecule has 1 aromatic carbocycles. The van der Waals surface area contributed by atoms with Gasteiger partial charge in [-0.2, -0.15) is 0 Å². The molecule has 5 nitrogen and oxygen atoms in total. The van der Waals surface area contributed by atoms with Crippen LogP contribution in [0.25, 0.3) is 0 Å². The van der Waals surface area contributed by atoms with Gasteiger partial charge in [-0.05, 0) is 62.8 Å². The van der Waals surface area contributed by atoms with Crippen LogP contribution in [-0.4, -0.2) is 48.9 Å². The highest BCUT2D eigenvalue weighted by atomic mass is 35.5. The molecule has 28 heavy (non-hydrogen) atoms. The Morgan fingerprint density at radius 1 is 1.25 bits per heavy atom. The number of carbonyl (C=O) groups excluding carboxylic acids is 2.